The van der Waals surface area contributed by atoms with Crippen molar-refractivity contribution in [3.05, 3.63) is 28.3 Å². The molecular weight excluding hydrogens is 377 g/mol. The molecule has 1 aromatic heterocycles. The lowest BCUT2D eigenvalue weighted by Crippen LogP contribution is -2.24. The number of non-ortho nitro benzene ring substituents is 1. The Morgan fingerprint density at radius 2 is 2.24 bits per heavy atom. The van der Waals surface area contributed by atoms with Crippen molar-refractivity contribution in [2.24, 2.45) is 0 Å². The standard InChI is InChI=1S/C11H8BrF3N2O3S/c12-11(15,9(13)14)3-4-21-10-16-7-2-1-6(17(18)19)5-8(7)20-10/h1-2,5,9H,3-4H2. The third kappa shape index (κ3) is 3.88. The fourth-order valence-electron chi connectivity index (χ4n) is 1.45. The molecule has 0 amide bonds. The summed E-state index contributed by atoms with van der Waals surface area (Å²) < 4.78 is 40.4. The lowest BCUT2D eigenvalue weighted by atomic mass is 10.3. The van der Waals surface area contributed by atoms with Crippen LogP contribution in [0.2, 0.25) is 0 Å². The van der Waals surface area contributed by atoms with Gasteiger partial charge < -0.3 is 4.42 Å². The molecule has 1 aromatic carbocycles. The molecule has 0 fully saturated rings. The number of aromatic nitrogens is 1. The van der Waals surface area contributed by atoms with E-state index in [0.29, 0.717) is 5.52 Å². The third-order valence-electron chi connectivity index (χ3n) is 2.54. The molecule has 1 heterocycles. The maximum absolute atomic E-state index is 13.3. The van der Waals surface area contributed by atoms with Gasteiger partial charge in [-0.3, -0.25) is 10.1 Å². The van der Waals surface area contributed by atoms with Crippen LogP contribution < -0.4 is 0 Å². The summed E-state index contributed by atoms with van der Waals surface area (Å²) in [6.07, 6.45) is -3.57. The molecule has 21 heavy (non-hydrogen) atoms. The first-order valence-corrected chi connectivity index (χ1v) is 7.41. The number of thioether (sulfide) groups is 1. The minimum absolute atomic E-state index is 0.0149. The van der Waals surface area contributed by atoms with Crippen LogP contribution in [0, 0.1) is 10.1 Å². The van der Waals surface area contributed by atoms with Gasteiger partial charge in [0, 0.05) is 18.2 Å². The Balaban J connectivity index is 2.05. The molecule has 0 N–H and O–H groups in total. The Morgan fingerprint density at radius 1 is 1.52 bits per heavy atom. The van der Waals surface area contributed by atoms with Gasteiger partial charge in [-0.25, -0.2) is 18.2 Å². The molecule has 0 saturated heterocycles. The van der Waals surface area contributed by atoms with E-state index in [9.17, 15) is 23.3 Å². The molecule has 2 rings (SSSR count). The maximum atomic E-state index is 13.3. The molecule has 0 aliphatic carbocycles. The molecule has 0 bridgehead atoms. The summed E-state index contributed by atoms with van der Waals surface area (Å²) in [6, 6.07) is 3.92. The summed E-state index contributed by atoms with van der Waals surface area (Å²) in [6.45, 7) is 0. The summed E-state index contributed by atoms with van der Waals surface area (Å²) in [5.41, 5.74) is 0.476. The van der Waals surface area contributed by atoms with Crippen LogP contribution in [0.1, 0.15) is 6.42 Å². The van der Waals surface area contributed by atoms with E-state index >= 15 is 0 Å². The number of nitro benzene ring substituents is 1. The molecule has 1 unspecified atom stereocenters. The van der Waals surface area contributed by atoms with Crippen molar-refractivity contribution >= 4 is 44.5 Å². The second-order valence-electron chi connectivity index (χ2n) is 4.05. The molecule has 0 aliphatic rings. The second kappa shape index (κ2) is 6.22. The Kier molecular flexibility index (Phi) is 4.77. The summed E-state index contributed by atoms with van der Waals surface area (Å²) in [7, 11) is 0. The predicted molar refractivity (Wildman–Crippen MR) is 74.8 cm³/mol. The van der Waals surface area contributed by atoms with Gasteiger partial charge in [0.1, 0.15) is 5.52 Å². The monoisotopic (exact) mass is 384 g/mol. The lowest BCUT2D eigenvalue weighted by molar-refractivity contribution is -0.384. The third-order valence-corrected chi connectivity index (χ3v) is 4.12. The molecule has 10 heteroatoms. The van der Waals surface area contributed by atoms with E-state index in [1.165, 1.54) is 18.2 Å². The van der Waals surface area contributed by atoms with Gasteiger partial charge in [0.2, 0.25) is 4.58 Å². The number of nitro groups is 1. The van der Waals surface area contributed by atoms with Crippen molar-refractivity contribution in [1.29, 1.82) is 0 Å². The average molecular weight is 385 g/mol. The Morgan fingerprint density at radius 3 is 2.86 bits per heavy atom. The summed E-state index contributed by atoms with van der Waals surface area (Å²) >= 11 is 3.28. The predicted octanol–water partition coefficient (Wildman–Crippen LogP) is 4.54. The Bertz CT molecular complexity index is 665. The molecule has 0 radical (unpaired) electrons. The van der Waals surface area contributed by atoms with E-state index in [-0.39, 0.29) is 22.2 Å². The summed E-state index contributed by atoms with van der Waals surface area (Å²) in [5, 5.41) is 10.8. The van der Waals surface area contributed by atoms with Crippen LogP contribution >= 0.6 is 27.7 Å². The second-order valence-corrected chi connectivity index (χ2v) is 6.41. The van der Waals surface area contributed by atoms with Crippen molar-refractivity contribution in [2.45, 2.75) is 22.6 Å². The normalized spacial score (nSPS) is 14.5. The summed E-state index contributed by atoms with van der Waals surface area (Å²) in [5.74, 6) is 0.0149. The molecule has 5 nitrogen and oxygen atoms in total. The highest BCUT2D eigenvalue weighted by Crippen LogP contribution is 2.34. The molecule has 0 aliphatic heterocycles. The number of hydrogen-bond donors (Lipinski definition) is 0. The highest BCUT2D eigenvalue weighted by molar-refractivity contribution is 9.10. The van der Waals surface area contributed by atoms with Crippen molar-refractivity contribution in [1.82, 2.24) is 4.98 Å². The average Bonchev–Trinajstić information content (AvgIpc) is 2.79. The minimum Gasteiger partial charge on any atom is -0.431 e. The quantitative estimate of drug-likeness (QED) is 0.316. The number of fused-ring (bicyclic) bond motifs is 1. The van der Waals surface area contributed by atoms with E-state index in [1.807, 2.05) is 0 Å². The van der Waals surface area contributed by atoms with E-state index in [2.05, 4.69) is 20.9 Å². The van der Waals surface area contributed by atoms with E-state index in [1.54, 1.807) is 0 Å². The van der Waals surface area contributed by atoms with Crippen molar-refractivity contribution in [3.8, 4) is 0 Å². The van der Waals surface area contributed by atoms with Gasteiger partial charge in [0.25, 0.3) is 17.3 Å². The van der Waals surface area contributed by atoms with Gasteiger partial charge in [0.15, 0.2) is 5.58 Å². The summed E-state index contributed by atoms with van der Waals surface area (Å²) in [4.78, 5) is 14.1. The van der Waals surface area contributed by atoms with E-state index < -0.39 is 22.3 Å². The van der Waals surface area contributed by atoms with Crippen LogP contribution in [0.25, 0.3) is 11.1 Å². The van der Waals surface area contributed by atoms with Crippen LogP contribution in [0.4, 0.5) is 18.9 Å². The molecule has 0 spiro atoms. The zero-order valence-corrected chi connectivity index (χ0v) is 12.7. The number of halogens is 4. The lowest BCUT2D eigenvalue weighted by Gasteiger charge is -2.15. The van der Waals surface area contributed by atoms with Gasteiger partial charge in [-0.1, -0.05) is 11.8 Å². The van der Waals surface area contributed by atoms with Gasteiger partial charge in [-0.15, -0.1) is 0 Å². The number of benzene rings is 1. The number of alkyl halides is 4. The van der Waals surface area contributed by atoms with Crippen molar-refractivity contribution in [2.75, 3.05) is 5.75 Å². The van der Waals surface area contributed by atoms with E-state index in [0.717, 1.165) is 11.8 Å². The molecule has 0 saturated carbocycles. The van der Waals surface area contributed by atoms with Crippen LogP contribution in [0.3, 0.4) is 0 Å². The highest BCUT2D eigenvalue weighted by Gasteiger charge is 2.36. The smallest absolute Gasteiger partial charge is 0.282 e. The SMILES string of the molecule is O=[N+]([O-])c1ccc2nc(SCCC(F)(Br)C(F)F)oc2c1. The van der Waals surface area contributed by atoms with Crippen LogP contribution in [-0.2, 0) is 0 Å². The maximum Gasteiger partial charge on any atom is 0.282 e. The first-order valence-electron chi connectivity index (χ1n) is 5.63. The fraction of sp³-hybridized carbons (Fsp3) is 0.364. The Labute approximate surface area is 129 Å². The van der Waals surface area contributed by atoms with Gasteiger partial charge in [-0.05, 0) is 22.0 Å². The largest absolute Gasteiger partial charge is 0.431 e. The van der Waals surface area contributed by atoms with E-state index in [4.69, 9.17) is 4.42 Å². The van der Waals surface area contributed by atoms with Crippen LogP contribution in [0.5, 0.6) is 0 Å². The van der Waals surface area contributed by atoms with Gasteiger partial charge >= 0.3 is 0 Å². The Hall–Kier alpha value is -1.29. The number of oxazole rings is 1. The molecule has 1 atom stereocenters. The van der Waals surface area contributed by atoms with Gasteiger partial charge in [0.05, 0.1) is 11.0 Å². The number of hydrogen-bond acceptors (Lipinski definition) is 5. The zero-order valence-electron chi connectivity index (χ0n) is 10.3. The number of nitrogens with zero attached hydrogens (tertiary/aromatic N) is 2. The zero-order chi connectivity index (χ0) is 15.6. The van der Waals surface area contributed by atoms with Crippen LogP contribution in [0.15, 0.2) is 27.8 Å². The van der Waals surface area contributed by atoms with Crippen LogP contribution in [-0.4, -0.2) is 26.7 Å². The fourth-order valence-corrected chi connectivity index (χ4v) is 2.80. The molecule has 2 aromatic rings. The minimum atomic E-state index is -3.13. The number of rotatable bonds is 6. The van der Waals surface area contributed by atoms with Crippen molar-refractivity contribution < 1.29 is 22.5 Å². The first-order chi connectivity index (χ1) is 9.79. The molecule has 114 valence electrons. The first kappa shape index (κ1) is 16.1. The van der Waals surface area contributed by atoms with Crippen molar-refractivity contribution in [3.63, 3.8) is 0 Å². The van der Waals surface area contributed by atoms with Gasteiger partial charge in [-0.2, -0.15) is 0 Å². The highest BCUT2D eigenvalue weighted by atomic mass is 79.9. The molecular formula is C11H8BrF3N2O3S. The topological polar surface area (TPSA) is 69.2 Å².